The van der Waals surface area contributed by atoms with E-state index in [2.05, 4.69) is 11.8 Å². The summed E-state index contributed by atoms with van der Waals surface area (Å²) in [5, 5.41) is 51.8. The van der Waals surface area contributed by atoms with Gasteiger partial charge in [-0.15, -0.1) is 0 Å². The Labute approximate surface area is 179 Å². The molecule has 1 aromatic carbocycles. The van der Waals surface area contributed by atoms with Crippen molar-refractivity contribution in [3.8, 4) is 17.2 Å². The van der Waals surface area contributed by atoms with E-state index in [1.54, 1.807) is 0 Å². The molecule has 3 aliphatic heterocycles. The van der Waals surface area contributed by atoms with Gasteiger partial charge in [0.15, 0.2) is 17.6 Å². The number of benzene rings is 1. The van der Waals surface area contributed by atoms with Crippen molar-refractivity contribution < 1.29 is 44.5 Å². The highest BCUT2D eigenvalue weighted by molar-refractivity contribution is 5.97. The Morgan fingerprint density at radius 2 is 1.81 bits per heavy atom. The van der Waals surface area contributed by atoms with Crippen LogP contribution in [0.2, 0.25) is 0 Å². The van der Waals surface area contributed by atoms with Gasteiger partial charge in [-0.3, -0.25) is 4.90 Å². The van der Waals surface area contributed by atoms with Crippen LogP contribution in [0, 0.1) is 5.92 Å². The second-order valence-corrected chi connectivity index (χ2v) is 8.59. The normalized spacial score (nSPS) is 31.6. The molecule has 1 aromatic rings. The average molecular weight is 439 g/mol. The van der Waals surface area contributed by atoms with Gasteiger partial charge in [0.2, 0.25) is 5.75 Å². The zero-order valence-corrected chi connectivity index (χ0v) is 17.5. The minimum Gasteiger partial charge on any atom is -0.504 e. The number of ether oxygens (including phenoxy) is 3. The van der Waals surface area contributed by atoms with Crippen molar-refractivity contribution in [2.75, 3.05) is 26.8 Å². The molecular weight excluding hydrogens is 410 g/mol. The first-order chi connectivity index (χ1) is 14.8. The summed E-state index contributed by atoms with van der Waals surface area (Å²) in [6.07, 6.45) is -4.63. The smallest absolute Gasteiger partial charge is 0.339 e. The molecule has 0 aliphatic carbocycles. The fourth-order valence-electron chi connectivity index (χ4n) is 4.71. The number of phenolic OH excluding ortho intramolecular Hbond substituents is 2. The Kier molecular flexibility index (Phi) is 6.01. The fraction of sp³-hybridized carbons (Fsp3) is 0.667. The van der Waals surface area contributed by atoms with Crippen LogP contribution in [0.5, 0.6) is 17.2 Å². The van der Waals surface area contributed by atoms with E-state index in [0.29, 0.717) is 5.92 Å². The SMILES string of the molecule is COc1c(O)c(CN2CCC(C)CC2)c2c(c1O)[C@@H]1O[C@H](CO)[C@@H](O)[C@H](O)[C@@H]1OC2=O. The molecule has 0 saturated carbocycles. The number of esters is 1. The van der Waals surface area contributed by atoms with Crippen molar-refractivity contribution in [2.45, 2.75) is 56.8 Å². The molecule has 5 atom stereocenters. The van der Waals surface area contributed by atoms with Gasteiger partial charge < -0.3 is 39.7 Å². The summed E-state index contributed by atoms with van der Waals surface area (Å²) < 4.78 is 16.3. The summed E-state index contributed by atoms with van der Waals surface area (Å²) in [5.74, 6) is -1.32. The number of nitrogens with zero attached hydrogens (tertiary/aromatic N) is 1. The van der Waals surface area contributed by atoms with Gasteiger partial charge in [0, 0.05) is 17.7 Å². The van der Waals surface area contributed by atoms with Gasteiger partial charge in [-0.25, -0.2) is 4.79 Å². The number of aromatic hydroxyl groups is 2. The highest BCUT2D eigenvalue weighted by Gasteiger charge is 2.53. The molecule has 4 rings (SSSR count). The Morgan fingerprint density at radius 3 is 2.42 bits per heavy atom. The van der Waals surface area contributed by atoms with Gasteiger partial charge >= 0.3 is 5.97 Å². The first kappa shape index (κ1) is 22.1. The number of hydrogen-bond acceptors (Lipinski definition) is 10. The lowest BCUT2D eigenvalue weighted by molar-refractivity contribution is -0.235. The molecule has 0 unspecified atom stereocenters. The van der Waals surface area contributed by atoms with Crippen LogP contribution in [0.3, 0.4) is 0 Å². The minimum absolute atomic E-state index is 0.0145. The number of fused-ring (bicyclic) bond motifs is 3. The molecule has 172 valence electrons. The van der Waals surface area contributed by atoms with Crippen molar-refractivity contribution >= 4 is 5.97 Å². The first-order valence-corrected chi connectivity index (χ1v) is 10.5. The molecule has 0 bridgehead atoms. The highest BCUT2D eigenvalue weighted by Crippen LogP contribution is 2.52. The monoisotopic (exact) mass is 439 g/mol. The van der Waals surface area contributed by atoms with E-state index in [0.717, 1.165) is 25.9 Å². The van der Waals surface area contributed by atoms with E-state index in [1.165, 1.54) is 7.11 Å². The van der Waals surface area contributed by atoms with Crippen LogP contribution in [-0.2, 0) is 16.0 Å². The second-order valence-electron chi connectivity index (χ2n) is 8.59. The van der Waals surface area contributed by atoms with Crippen LogP contribution in [0.4, 0.5) is 0 Å². The van der Waals surface area contributed by atoms with E-state index >= 15 is 0 Å². The van der Waals surface area contributed by atoms with Crippen LogP contribution in [0.1, 0.15) is 47.4 Å². The van der Waals surface area contributed by atoms with E-state index in [4.69, 9.17) is 14.2 Å². The minimum atomic E-state index is -1.53. The number of carbonyl (C=O) groups is 1. The van der Waals surface area contributed by atoms with E-state index in [1.807, 2.05) is 0 Å². The zero-order chi connectivity index (χ0) is 22.4. The first-order valence-electron chi connectivity index (χ1n) is 10.5. The summed E-state index contributed by atoms with van der Waals surface area (Å²) in [6.45, 7) is 3.40. The van der Waals surface area contributed by atoms with Crippen LogP contribution < -0.4 is 4.74 Å². The average Bonchev–Trinajstić information content (AvgIpc) is 2.75. The molecule has 0 radical (unpaired) electrons. The number of aliphatic hydroxyl groups is 3. The topological polar surface area (TPSA) is 149 Å². The van der Waals surface area contributed by atoms with Gasteiger partial charge in [-0.05, 0) is 31.8 Å². The maximum Gasteiger partial charge on any atom is 0.339 e. The number of methoxy groups -OCH3 is 1. The summed E-state index contributed by atoms with van der Waals surface area (Å²) >= 11 is 0. The summed E-state index contributed by atoms with van der Waals surface area (Å²) in [4.78, 5) is 15.1. The highest BCUT2D eigenvalue weighted by atomic mass is 16.6. The van der Waals surface area contributed by atoms with Crippen LogP contribution in [-0.4, -0.2) is 87.6 Å². The lowest BCUT2D eigenvalue weighted by Crippen LogP contribution is -2.58. The number of piperidine rings is 1. The molecule has 2 saturated heterocycles. The van der Waals surface area contributed by atoms with Gasteiger partial charge in [-0.1, -0.05) is 6.92 Å². The third kappa shape index (κ3) is 3.62. The number of phenols is 2. The third-order valence-electron chi connectivity index (χ3n) is 6.60. The lowest BCUT2D eigenvalue weighted by atomic mass is 9.84. The number of aliphatic hydroxyl groups excluding tert-OH is 3. The van der Waals surface area contributed by atoms with Crippen molar-refractivity contribution in [2.24, 2.45) is 5.92 Å². The molecule has 2 fully saturated rings. The molecular formula is C21H29NO9. The molecule has 0 spiro atoms. The van der Waals surface area contributed by atoms with E-state index in [9.17, 15) is 30.3 Å². The largest absolute Gasteiger partial charge is 0.504 e. The molecule has 0 aromatic heterocycles. The number of hydrogen-bond donors (Lipinski definition) is 5. The Balaban J connectivity index is 1.82. The summed E-state index contributed by atoms with van der Waals surface area (Å²) in [6, 6.07) is 0. The van der Waals surface area contributed by atoms with Gasteiger partial charge in [0.05, 0.1) is 19.3 Å². The van der Waals surface area contributed by atoms with Crippen LogP contribution in [0.15, 0.2) is 0 Å². The van der Waals surface area contributed by atoms with Crippen LogP contribution >= 0.6 is 0 Å². The Hall–Kier alpha value is -2.11. The number of rotatable bonds is 4. The van der Waals surface area contributed by atoms with Gasteiger partial charge in [0.25, 0.3) is 0 Å². The fourth-order valence-corrected chi connectivity index (χ4v) is 4.71. The van der Waals surface area contributed by atoms with E-state index in [-0.39, 0.29) is 34.7 Å². The van der Waals surface area contributed by atoms with Gasteiger partial charge in [0.1, 0.15) is 24.4 Å². The van der Waals surface area contributed by atoms with E-state index < -0.39 is 48.8 Å². The van der Waals surface area contributed by atoms with Crippen molar-refractivity contribution in [3.63, 3.8) is 0 Å². The molecule has 5 N–H and O–H groups in total. The lowest BCUT2D eigenvalue weighted by Gasteiger charge is -2.45. The quantitative estimate of drug-likeness (QED) is 0.407. The van der Waals surface area contributed by atoms with Crippen molar-refractivity contribution in [1.82, 2.24) is 4.90 Å². The third-order valence-corrected chi connectivity index (χ3v) is 6.60. The molecule has 0 amide bonds. The van der Waals surface area contributed by atoms with Crippen molar-refractivity contribution in [1.29, 1.82) is 0 Å². The summed E-state index contributed by atoms with van der Waals surface area (Å²) in [7, 11) is 1.28. The molecule has 3 heterocycles. The Morgan fingerprint density at radius 1 is 1.13 bits per heavy atom. The predicted molar refractivity (Wildman–Crippen MR) is 106 cm³/mol. The number of likely N-dealkylation sites (tertiary alicyclic amines) is 1. The predicted octanol–water partition coefficient (Wildman–Crippen LogP) is 0.0313. The molecule has 10 nitrogen and oxygen atoms in total. The van der Waals surface area contributed by atoms with Crippen molar-refractivity contribution in [3.05, 3.63) is 16.7 Å². The second kappa shape index (κ2) is 8.44. The molecule has 3 aliphatic rings. The number of carbonyl (C=O) groups excluding carboxylic acids is 1. The maximum atomic E-state index is 13.0. The summed E-state index contributed by atoms with van der Waals surface area (Å²) in [5.41, 5.74) is 0.212. The van der Waals surface area contributed by atoms with Crippen LogP contribution in [0.25, 0.3) is 0 Å². The maximum absolute atomic E-state index is 13.0. The Bertz CT molecular complexity index is 852. The van der Waals surface area contributed by atoms with Gasteiger partial charge in [-0.2, -0.15) is 0 Å². The zero-order valence-electron chi connectivity index (χ0n) is 17.5. The standard InChI is InChI=1S/C21H29NO9/c1-9-3-5-22(6-4-9)7-10-12-13(16(26)19(29-2)14(10)24)18-20(31-21(12)28)17(27)15(25)11(8-23)30-18/h9,11,15,17-18,20,23-27H,3-8H2,1-2H3/t11-,15-,17+,18+,20+/m1/s1. The molecule has 31 heavy (non-hydrogen) atoms. The molecule has 10 heteroatoms.